The van der Waals surface area contributed by atoms with E-state index in [2.05, 4.69) is 5.32 Å². The van der Waals surface area contributed by atoms with Gasteiger partial charge in [-0.3, -0.25) is 4.79 Å². The number of benzene rings is 1. The zero-order valence-electron chi connectivity index (χ0n) is 14.9. The molecule has 1 aliphatic heterocycles. The van der Waals surface area contributed by atoms with Gasteiger partial charge >= 0.3 is 11.7 Å². The highest BCUT2D eigenvalue weighted by atomic mass is 32.2. The van der Waals surface area contributed by atoms with E-state index in [0.29, 0.717) is 17.8 Å². The number of aromatic nitrogens is 1. The number of rotatable bonds is 6. The Balaban J connectivity index is 1.62. The number of esters is 1. The molecule has 0 unspecified atom stereocenters. The molecule has 1 amide bonds. The van der Waals surface area contributed by atoms with Gasteiger partial charge in [-0.15, -0.1) is 0 Å². The van der Waals surface area contributed by atoms with Crippen LogP contribution in [0.2, 0.25) is 0 Å². The molecule has 1 aliphatic rings. The van der Waals surface area contributed by atoms with Crippen LogP contribution in [0.4, 0.5) is 5.69 Å². The first-order chi connectivity index (χ1) is 13.4. The topological polar surface area (TPSA) is 120 Å². The Morgan fingerprint density at radius 1 is 1.14 bits per heavy atom. The fraction of sp³-hybridized carbons (Fsp3) is 0.278. The number of nitrogens with zero attached hydrogens (tertiary/aromatic N) is 2. The number of nitrogens with one attached hydrogen (secondary N) is 1. The summed E-state index contributed by atoms with van der Waals surface area (Å²) in [6, 6.07) is 10.1. The van der Waals surface area contributed by atoms with E-state index in [4.69, 9.17) is 4.74 Å². The fourth-order valence-electron chi connectivity index (χ4n) is 2.80. The molecule has 2 heterocycles. The maximum absolute atomic E-state index is 12.6. The van der Waals surface area contributed by atoms with Gasteiger partial charge in [0.2, 0.25) is 10.0 Å². The third-order valence-corrected chi connectivity index (χ3v) is 6.08. The second-order valence-electron chi connectivity index (χ2n) is 6.18. The minimum absolute atomic E-state index is 0.0841. The average Bonchev–Trinajstić information content (AvgIpc) is 3.22. The van der Waals surface area contributed by atoms with E-state index >= 15 is 0 Å². The van der Waals surface area contributed by atoms with Crippen LogP contribution in [0.1, 0.15) is 23.3 Å². The predicted molar refractivity (Wildman–Crippen MR) is 98.7 cm³/mol. The molecule has 28 heavy (non-hydrogen) atoms. The molecule has 0 spiro atoms. The second-order valence-corrected chi connectivity index (χ2v) is 8.11. The van der Waals surface area contributed by atoms with Crippen molar-refractivity contribution in [2.45, 2.75) is 17.7 Å². The minimum Gasteiger partial charge on any atom is -0.618 e. The Morgan fingerprint density at radius 2 is 1.89 bits per heavy atom. The van der Waals surface area contributed by atoms with Crippen LogP contribution in [0.15, 0.2) is 53.6 Å². The number of ether oxygens (including phenoxy) is 1. The number of hydrogen-bond donors (Lipinski definition) is 1. The summed E-state index contributed by atoms with van der Waals surface area (Å²) in [5.74, 6) is -1.59. The molecule has 0 radical (unpaired) electrons. The van der Waals surface area contributed by atoms with E-state index in [1.165, 1.54) is 46.8 Å². The largest absolute Gasteiger partial charge is 0.618 e. The lowest BCUT2D eigenvalue weighted by atomic mass is 10.3. The van der Waals surface area contributed by atoms with Crippen molar-refractivity contribution in [2.24, 2.45) is 0 Å². The molecule has 0 aliphatic carbocycles. The maximum atomic E-state index is 12.6. The Bertz CT molecular complexity index is 986. The van der Waals surface area contributed by atoms with Crippen molar-refractivity contribution in [1.82, 2.24) is 4.31 Å². The summed E-state index contributed by atoms with van der Waals surface area (Å²) in [5.41, 5.74) is 0.0222. The van der Waals surface area contributed by atoms with Crippen molar-refractivity contribution in [3.63, 3.8) is 0 Å². The third kappa shape index (κ3) is 4.46. The van der Waals surface area contributed by atoms with E-state index in [-0.39, 0.29) is 16.3 Å². The number of pyridine rings is 1. The summed E-state index contributed by atoms with van der Waals surface area (Å²) in [6.45, 7) is 0.346. The highest BCUT2D eigenvalue weighted by Crippen LogP contribution is 2.23. The lowest BCUT2D eigenvalue weighted by molar-refractivity contribution is -0.608. The lowest BCUT2D eigenvalue weighted by Gasteiger charge is -2.16. The summed E-state index contributed by atoms with van der Waals surface area (Å²) in [4.78, 5) is 23.9. The van der Waals surface area contributed by atoms with Gasteiger partial charge in [0.05, 0.1) is 4.90 Å². The van der Waals surface area contributed by atoms with Crippen LogP contribution in [-0.2, 0) is 19.6 Å². The van der Waals surface area contributed by atoms with Crippen LogP contribution >= 0.6 is 0 Å². The van der Waals surface area contributed by atoms with Gasteiger partial charge in [0.25, 0.3) is 5.91 Å². The third-order valence-electron chi connectivity index (χ3n) is 4.19. The van der Waals surface area contributed by atoms with Gasteiger partial charge in [0, 0.05) is 30.9 Å². The molecule has 1 aromatic carbocycles. The van der Waals surface area contributed by atoms with Gasteiger partial charge in [-0.25, -0.2) is 13.2 Å². The molecule has 0 atom stereocenters. The number of anilines is 1. The highest BCUT2D eigenvalue weighted by Gasteiger charge is 2.27. The van der Waals surface area contributed by atoms with Crippen LogP contribution in [0.25, 0.3) is 0 Å². The van der Waals surface area contributed by atoms with Crippen molar-refractivity contribution in [1.29, 1.82) is 0 Å². The van der Waals surface area contributed by atoms with E-state index in [9.17, 15) is 23.2 Å². The van der Waals surface area contributed by atoms with Crippen LogP contribution in [0, 0.1) is 5.21 Å². The number of amides is 1. The summed E-state index contributed by atoms with van der Waals surface area (Å²) in [6.07, 6.45) is 2.79. The predicted octanol–water partition coefficient (Wildman–Crippen LogP) is 0.900. The van der Waals surface area contributed by atoms with Crippen molar-refractivity contribution < 1.29 is 27.5 Å². The zero-order valence-corrected chi connectivity index (χ0v) is 15.7. The van der Waals surface area contributed by atoms with Crippen LogP contribution in [0.5, 0.6) is 0 Å². The second kappa shape index (κ2) is 8.36. The minimum atomic E-state index is -3.60. The standard InChI is InChI=1S/C18H19N3O6S/c22-17(13-27-18(23)16-8-1-2-11-21(16)24)19-14-6-5-7-15(12-14)28(25,26)20-9-3-4-10-20/h1-2,5-8,11-12H,3-4,9-10,13H2,(H,19,22). The van der Waals surface area contributed by atoms with Crippen LogP contribution in [-0.4, -0.2) is 44.3 Å². The fourth-order valence-corrected chi connectivity index (χ4v) is 4.36. The van der Waals surface area contributed by atoms with Gasteiger partial charge in [-0.1, -0.05) is 6.07 Å². The monoisotopic (exact) mass is 405 g/mol. The summed E-state index contributed by atoms with van der Waals surface area (Å²) >= 11 is 0. The highest BCUT2D eigenvalue weighted by molar-refractivity contribution is 7.89. The summed E-state index contributed by atoms with van der Waals surface area (Å²) < 4.78 is 31.8. The molecule has 2 aromatic rings. The Labute approximate surface area is 162 Å². The molecule has 1 saturated heterocycles. The van der Waals surface area contributed by atoms with Gasteiger partial charge in [0.1, 0.15) is 0 Å². The van der Waals surface area contributed by atoms with Gasteiger partial charge < -0.3 is 15.3 Å². The van der Waals surface area contributed by atoms with Crippen molar-refractivity contribution >= 4 is 27.6 Å². The van der Waals surface area contributed by atoms with Gasteiger partial charge in [-0.05, 0) is 37.1 Å². The van der Waals surface area contributed by atoms with Crippen molar-refractivity contribution in [3.05, 3.63) is 59.6 Å². The average molecular weight is 405 g/mol. The van der Waals surface area contributed by atoms with Gasteiger partial charge in [-0.2, -0.15) is 9.04 Å². The molecule has 1 N–H and O–H groups in total. The molecule has 1 aromatic heterocycles. The van der Waals surface area contributed by atoms with Crippen molar-refractivity contribution in [2.75, 3.05) is 25.0 Å². The summed E-state index contributed by atoms with van der Waals surface area (Å²) in [7, 11) is -3.60. The van der Waals surface area contributed by atoms with E-state index < -0.39 is 28.5 Å². The van der Waals surface area contributed by atoms with Crippen LogP contribution < -0.4 is 10.0 Å². The Morgan fingerprint density at radius 3 is 2.61 bits per heavy atom. The first kappa shape index (κ1) is 19.8. The molecule has 0 bridgehead atoms. The quantitative estimate of drug-likeness (QED) is 0.433. The molecule has 3 rings (SSSR count). The van der Waals surface area contributed by atoms with E-state index in [1.807, 2.05) is 0 Å². The Kier molecular flexibility index (Phi) is 5.90. The molecule has 10 heteroatoms. The number of carbonyl (C=O) groups excluding carboxylic acids is 2. The maximum Gasteiger partial charge on any atom is 0.405 e. The first-order valence-electron chi connectivity index (χ1n) is 8.63. The molecule has 1 fully saturated rings. The SMILES string of the molecule is O=C(COC(=O)c1cccc[n+]1[O-])Nc1cccc(S(=O)(=O)N2CCCC2)c1. The number of sulfonamides is 1. The molecule has 148 valence electrons. The van der Waals surface area contributed by atoms with E-state index in [0.717, 1.165) is 19.0 Å². The summed E-state index contributed by atoms with van der Waals surface area (Å²) in [5, 5.41) is 14.0. The number of hydrogen-bond acceptors (Lipinski definition) is 6. The molecular formula is C18H19N3O6S. The van der Waals surface area contributed by atoms with Crippen LogP contribution in [0.3, 0.4) is 0 Å². The number of carbonyl (C=O) groups is 2. The Hall–Kier alpha value is -2.98. The lowest BCUT2D eigenvalue weighted by Crippen LogP contribution is -2.35. The van der Waals surface area contributed by atoms with Gasteiger partial charge in [0.15, 0.2) is 12.8 Å². The zero-order chi connectivity index (χ0) is 20.1. The smallest absolute Gasteiger partial charge is 0.405 e. The van der Waals surface area contributed by atoms with Crippen molar-refractivity contribution in [3.8, 4) is 0 Å². The molecule has 0 saturated carbocycles. The van der Waals surface area contributed by atoms with E-state index in [1.54, 1.807) is 0 Å². The first-order valence-corrected chi connectivity index (χ1v) is 10.1. The molecule has 9 nitrogen and oxygen atoms in total. The molecular weight excluding hydrogens is 386 g/mol. The normalized spacial score (nSPS) is 14.6.